The number of aromatic nitrogens is 3. The molecule has 0 aliphatic carbocycles. The lowest BCUT2D eigenvalue weighted by atomic mass is 10.1. The third-order valence-electron chi connectivity index (χ3n) is 4.56. The van der Waals surface area contributed by atoms with Gasteiger partial charge in [0.15, 0.2) is 5.82 Å². The van der Waals surface area contributed by atoms with Crippen LogP contribution in [0.5, 0.6) is 5.75 Å². The molecule has 0 spiro atoms. The van der Waals surface area contributed by atoms with Crippen molar-refractivity contribution in [1.82, 2.24) is 15.2 Å². The van der Waals surface area contributed by atoms with Crippen molar-refractivity contribution < 1.29 is 14.3 Å². The van der Waals surface area contributed by atoms with Crippen molar-refractivity contribution in [2.24, 2.45) is 0 Å². The summed E-state index contributed by atoms with van der Waals surface area (Å²) in [6.45, 7) is 3.07. The van der Waals surface area contributed by atoms with E-state index in [4.69, 9.17) is 9.47 Å². The van der Waals surface area contributed by atoms with Crippen LogP contribution in [-0.2, 0) is 4.74 Å². The van der Waals surface area contributed by atoms with E-state index in [1.807, 2.05) is 43.3 Å². The third kappa shape index (κ3) is 4.20. The molecule has 1 unspecified atom stereocenters. The lowest BCUT2D eigenvalue weighted by Gasteiger charge is -2.14. The van der Waals surface area contributed by atoms with E-state index in [2.05, 4.69) is 20.5 Å². The minimum absolute atomic E-state index is 0.0950. The Morgan fingerprint density at radius 2 is 2.18 bits per heavy atom. The van der Waals surface area contributed by atoms with Gasteiger partial charge in [0.25, 0.3) is 5.91 Å². The minimum Gasteiger partial charge on any atom is -0.490 e. The normalized spacial score (nSPS) is 16.1. The molecule has 1 aliphatic heterocycles. The molecule has 4 rings (SSSR count). The lowest BCUT2D eigenvalue weighted by molar-refractivity contribution is 0.0673. The van der Waals surface area contributed by atoms with Gasteiger partial charge in [-0.1, -0.05) is 24.3 Å². The first kappa shape index (κ1) is 18.2. The second-order valence-electron chi connectivity index (χ2n) is 6.72. The fourth-order valence-electron chi connectivity index (χ4n) is 3.14. The Labute approximate surface area is 163 Å². The number of hydrogen-bond acceptors (Lipinski definition) is 5. The number of carbonyl (C=O) groups excluding carboxylic acids is 1. The monoisotopic (exact) mass is 378 g/mol. The first-order chi connectivity index (χ1) is 13.7. The number of nitrogens with one attached hydrogen (secondary N) is 2. The molecule has 1 amide bonds. The number of aryl methyl sites for hydroxylation is 1. The SMILES string of the molecule is Cc1nc(-c2cccc(NC(=O)c3ccccc3OCC3CCCO3)c2)n[nH]1. The van der Waals surface area contributed by atoms with Crippen molar-refractivity contribution in [2.45, 2.75) is 25.9 Å². The number of nitrogens with zero attached hydrogens (tertiary/aromatic N) is 2. The highest BCUT2D eigenvalue weighted by molar-refractivity contribution is 6.06. The van der Waals surface area contributed by atoms with Crippen molar-refractivity contribution in [2.75, 3.05) is 18.5 Å². The van der Waals surface area contributed by atoms with E-state index in [0.717, 1.165) is 30.8 Å². The Morgan fingerprint density at radius 3 is 2.96 bits per heavy atom. The van der Waals surface area contributed by atoms with Crippen LogP contribution in [0.1, 0.15) is 29.0 Å². The van der Waals surface area contributed by atoms with Crippen molar-refractivity contribution in [1.29, 1.82) is 0 Å². The summed E-state index contributed by atoms with van der Waals surface area (Å²) in [5.41, 5.74) is 1.98. The number of hydrogen-bond donors (Lipinski definition) is 2. The van der Waals surface area contributed by atoms with Crippen LogP contribution in [0, 0.1) is 6.92 Å². The summed E-state index contributed by atoms with van der Waals surface area (Å²) in [6.07, 6.45) is 2.14. The van der Waals surface area contributed by atoms with Gasteiger partial charge in [-0.15, -0.1) is 0 Å². The summed E-state index contributed by atoms with van der Waals surface area (Å²) in [5.74, 6) is 1.65. The molecule has 28 heavy (non-hydrogen) atoms. The summed E-state index contributed by atoms with van der Waals surface area (Å²) in [6, 6.07) is 14.7. The van der Waals surface area contributed by atoms with E-state index in [1.54, 1.807) is 12.1 Å². The summed E-state index contributed by atoms with van der Waals surface area (Å²) >= 11 is 0. The molecule has 2 aromatic carbocycles. The average Bonchev–Trinajstić information content (AvgIpc) is 3.38. The van der Waals surface area contributed by atoms with E-state index in [-0.39, 0.29) is 12.0 Å². The molecule has 1 fully saturated rings. The summed E-state index contributed by atoms with van der Waals surface area (Å²) < 4.78 is 11.5. The average molecular weight is 378 g/mol. The molecule has 0 radical (unpaired) electrons. The summed E-state index contributed by atoms with van der Waals surface area (Å²) in [7, 11) is 0. The molecule has 1 aliphatic rings. The van der Waals surface area contributed by atoms with E-state index in [0.29, 0.717) is 29.4 Å². The standard InChI is InChI=1S/C21H22N4O3/c1-14-22-20(25-24-14)15-6-4-7-16(12-15)23-21(26)18-9-2-3-10-19(18)28-13-17-8-5-11-27-17/h2-4,6-7,9-10,12,17H,5,8,11,13H2,1H3,(H,23,26)(H,22,24,25). The van der Waals surface area contributed by atoms with Gasteiger partial charge in [0.2, 0.25) is 0 Å². The van der Waals surface area contributed by atoms with Crippen LogP contribution < -0.4 is 10.1 Å². The summed E-state index contributed by atoms with van der Waals surface area (Å²) in [4.78, 5) is 17.1. The number of H-pyrrole nitrogens is 1. The van der Waals surface area contributed by atoms with Crippen molar-refractivity contribution >= 4 is 11.6 Å². The van der Waals surface area contributed by atoms with Crippen molar-refractivity contribution in [3.8, 4) is 17.1 Å². The molecule has 7 heteroatoms. The molecule has 2 heterocycles. The smallest absolute Gasteiger partial charge is 0.259 e. The first-order valence-electron chi connectivity index (χ1n) is 9.33. The Kier molecular flexibility index (Phi) is 5.34. The molecule has 3 aromatic rings. The van der Waals surface area contributed by atoms with E-state index in [1.165, 1.54) is 0 Å². The molecule has 0 saturated carbocycles. The van der Waals surface area contributed by atoms with Crippen molar-refractivity contribution in [3.63, 3.8) is 0 Å². The second kappa shape index (κ2) is 8.22. The van der Waals surface area contributed by atoms with Crippen LogP contribution in [0.4, 0.5) is 5.69 Å². The van der Waals surface area contributed by atoms with Crippen LogP contribution in [0.25, 0.3) is 11.4 Å². The largest absolute Gasteiger partial charge is 0.490 e. The number of carbonyl (C=O) groups is 1. The van der Waals surface area contributed by atoms with E-state index >= 15 is 0 Å². The number of rotatable bonds is 6. The maximum atomic E-state index is 12.8. The fraction of sp³-hybridized carbons (Fsp3) is 0.286. The molecule has 1 saturated heterocycles. The van der Waals surface area contributed by atoms with Gasteiger partial charge >= 0.3 is 0 Å². The zero-order valence-electron chi connectivity index (χ0n) is 15.6. The lowest BCUT2D eigenvalue weighted by Crippen LogP contribution is -2.19. The maximum Gasteiger partial charge on any atom is 0.259 e. The Morgan fingerprint density at radius 1 is 1.29 bits per heavy atom. The van der Waals surface area contributed by atoms with Gasteiger partial charge in [-0.05, 0) is 44.0 Å². The number of benzene rings is 2. The number of aromatic amines is 1. The number of para-hydroxylation sites is 1. The third-order valence-corrected chi connectivity index (χ3v) is 4.56. The van der Waals surface area contributed by atoms with E-state index in [9.17, 15) is 4.79 Å². The predicted molar refractivity (Wildman–Crippen MR) is 105 cm³/mol. The van der Waals surface area contributed by atoms with Gasteiger partial charge in [-0.25, -0.2) is 4.98 Å². The Hall–Kier alpha value is -3.19. The number of anilines is 1. The van der Waals surface area contributed by atoms with Crippen LogP contribution in [0.2, 0.25) is 0 Å². The van der Waals surface area contributed by atoms with Gasteiger partial charge in [0.05, 0.1) is 11.7 Å². The van der Waals surface area contributed by atoms with Crippen LogP contribution in [0.15, 0.2) is 48.5 Å². The second-order valence-corrected chi connectivity index (χ2v) is 6.72. The summed E-state index contributed by atoms with van der Waals surface area (Å²) in [5, 5.41) is 9.91. The predicted octanol–water partition coefficient (Wildman–Crippen LogP) is 3.59. The fourth-order valence-corrected chi connectivity index (χ4v) is 3.14. The van der Waals surface area contributed by atoms with Crippen LogP contribution in [-0.4, -0.2) is 40.4 Å². The molecular weight excluding hydrogens is 356 g/mol. The molecule has 7 nitrogen and oxygen atoms in total. The number of ether oxygens (including phenoxy) is 2. The van der Waals surface area contributed by atoms with Gasteiger partial charge in [-0.2, -0.15) is 5.10 Å². The maximum absolute atomic E-state index is 12.8. The topological polar surface area (TPSA) is 89.1 Å². The van der Waals surface area contributed by atoms with E-state index < -0.39 is 0 Å². The molecule has 0 bridgehead atoms. The first-order valence-corrected chi connectivity index (χ1v) is 9.33. The zero-order valence-corrected chi connectivity index (χ0v) is 15.6. The minimum atomic E-state index is -0.230. The van der Waals surface area contributed by atoms with Crippen LogP contribution >= 0.6 is 0 Å². The molecule has 144 valence electrons. The van der Waals surface area contributed by atoms with Gasteiger partial charge in [0, 0.05) is 17.9 Å². The number of amides is 1. The Balaban J connectivity index is 1.48. The van der Waals surface area contributed by atoms with Crippen LogP contribution in [0.3, 0.4) is 0 Å². The molecular formula is C21H22N4O3. The highest BCUT2D eigenvalue weighted by Crippen LogP contribution is 2.23. The molecule has 1 aromatic heterocycles. The highest BCUT2D eigenvalue weighted by Gasteiger charge is 2.18. The van der Waals surface area contributed by atoms with Crippen molar-refractivity contribution in [3.05, 3.63) is 59.9 Å². The quantitative estimate of drug-likeness (QED) is 0.684. The van der Waals surface area contributed by atoms with Gasteiger partial charge in [-0.3, -0.25) is 9.89 Å². The Bertz CT molecular complexity index is 964. The van der Waals surface area contributed by atoms with Gasteiger partial charge in [0.1, 0.15) is 18.2 Å². The molecule has 2 N–H and O–H groups in total. The zero-order chi connectivity index (χ0) is 19.3. The van der Waals surface area contributed by atoms with Gasteiger partial charge < -0.3 is 14.8 Å². The molecule has 1 atom stereocenters. The highest BCUT2D eigenvalue weighted by atomic mass is 16.5.